The number of aryl methyl sites for hydroxylation is 1. The number of halogens is 4. The fraction of sp³-hybridized carbons (Fsp3) is 0.312. The lowest BCUT2D eigenvalue weighted by Crippen LogP contribution is -2.34. The summed E-state index contributed by atoms with van der Waals surface area (Å²) < 4.78 is 43.5. The van der Waals surface area contributed by atoms with E-state index >= 15 is 0 Å². The van der Waals surface area contributed by atoms with Gasteiger partial charge in [-0.1, -0.05) is 30.7 Å². The van der Waals surface area contributed by atoms with E-state index in [1.165, 1.54) is 45.4 Å². The van der Waals surface area contributed by atoms with Crippen molar-refractivity contribution in [3.63, 3.8) is 0 Å². The Kier molecular flexibility index (Phi) is 6.01. The molecule has 1 heterocycles. The molecule has 24 heavy (non-hydrogen) atoms. The molecule has 0 aliphatic carbocycles. The number of hydrogen-bond donors (Lipinski definition) is 0. The van der Waals surface area contributed by atoms with Gasteiger partial charge in [0.25, 0.3) is 5.56 Å². The van der Waals surface area contributed by atoms with Gasteiger partial charge in [-0.05, 0) is 35.7 Å². The summed E-state index contributed by atoms with van der Waals surface area (Å²) in [5.41, 5.74) is -0.170. The second kappa shape index (κ2) is 7.63. The summed E-state index contributed by atoms with van der Waals surface area (Å²) in [5, 5.41) is 0.377. The van der Waals surface area contributed by atoms with E-state index in [4.69, 9.17) is 11.6 Å². The topological polar surface area (TPSA) is 25.2 Å². The molecular weight excluding hydrogens is 361 g/mol. The maximum Gasteiger partial charge on any atom is 0.408 e. The molecule has 0 amide bonds. The molecule has 0 saturated heterocycles. The van der Waals surface area contributed by atoms with Crippen molar-refractivity contribution >= 4 is 23.5 Å². The van der Waals surface area contributed by atoms with Crippen molar-refractivity contribution in [3.05, 3.63) is 63.5 Å². The first-order chi connectivity index (χ1) is 11.2. The van der Waals surface area contributed by atoms with E-state index in [-0.39, 0.29) is 17.7 Å². The highest BCUT2D eigenvalue weighted by atomic mass is 35.5. The fourth-order valence-corrected chi connectivity index (χ4v) is 3.33. The Morgan fingerprint density at radius 3 is 2.38 bits per heavy atom. The van der Waals surface area contributed by atoms with Crippen LogP contribution in [-0.4, -0.2) is 21.6 Å². The van der Waals surface area contributed by atoms with Crippen LogP contribution in [0.3, 0.4) is 0 Å². The molecular formula is C16H16ClF3N2OS. The molecule has 1 aromatic heterocycles. The molecule has 8 heteroatoms. The largest absolute Gasteiger partial charge is 0.408 e. The lowest BCUT2D eigenvalue weighted by molar-refractivity contribution is -0.172. The minimum absolute atomic E-state index is 0.102. The smallest absolute Gasteiger partial charge is 0.319 e. The zero-order valence-electron chi connectivity index (χ0n) is 13.0. The van der Waals surface area contributed by atoms with Crippen LogP contribution in [0.25, 0.3) is 0 Å². The maximum absolute atomic E-state index is 13.6. The molecule has 0 spiro atoms. The average Bonchev–Trinajstić information content (AvgIpc) is 2.50. The van der Waals surface area contributed by atoms with Gasteiger partial charge in [-0.3, -0.25) is 4.79 Å². The predicted molar refractivity (Wildman–Crippen MR) is 90.2 cm³/mol. The van der Waals surface area contributed by atoms with Crippen molar-refractivity contribution in [1.82, 2.24) is 8.87 Å². The van der Waals surface area contributed by atoms with E-state index in [2.05, 4.69) is 0 Å². The minimum atomic E-state index is -4.46. The van der Waals surface area contributed by atoms with Crippen LogP contribution in [0.5, 0.6) is 0 Å². The fourth-order valence-electron chi connectivity index (χ4n) is 2.19. The second-order valence-corrected chi connectivity index (χ2v) is 6.69. The van der Waals surface area contributed by atoms with Gasteiger partial charge in [0.2, 0.25) is 0 Å². The molecule has 1 atom stereocenters. The predicted octanol–water partition coefficient (Wildman–Crippen LogP) is 4.67. The number of rotatable bonds is 5. The van der Waals surface area contributed by atoms with Crippen LogP contribution >= 0.6 is 23.5 Å². The lowest BCUT2D eigenvalue weighted by Gasteiger charge is -2.31. The third-order valence-electron chi connectivity index (χ3n) is 3.39. The van der Waals surface area contributed by atoms with E-state index in [0.717, 1.165) is 11.9 Å². The van der Waals surface area contributed by atoms with Gasteiger partial charge in [-0.25, -0.2) is 4.31 Å². The van der Waals surface area contributed by atoms with Gasteiger partial charge < -0.3 is 4.57 Å². The van der Waals surface area contributed by atoms with Crippen LogP contribution in [0.1, 0.15) is 18.5 Å². The van der Waals surface area contributed by atoms with Crippen LogP contribution < -0.4 is 5.56 Å². The van der Waals surface area contributed by atoms with Crippen LogP contribution in [0.2, 0.25) is 5.02 Å². The first kappa shape index (κ1) is 18.9. The highest BCUT2D eigenvalue weighted by Gasteiger charge is 2.44. The van der Waals surface area contributed by atoms with Gasteiger partial charge in [-0.15, -0.1) is 0 Å². The molecule has 0 fully saturated rings. The Hall–Kier alpha value is -1.44. The summed E-state index contributed by atoms with van der Waals surface area (Å²) in [6, 6.07) is 6.75. The zero-order valence-corrected chi connectivity index (χ0v) is 14.6. The van der Waals surface area contributed by atoms with Crippen LogP contribution in [0.15, 0.2) is 52.3 Å². The van der Waals surface area contributed by atoms with E-state index in [1.807, 2.05) is 0 Å². The molecule has 0 N–H and O–H groups in total. The Morgan fingerprint density at radius 1 is 1.25 bits per heavy atom. The van der Waals surface area contributed by atoms with Crippen molar-refractivity contribution in [2.45, 2.75) is 24.0 Å². The number of benzene rings is 1. The first-order valence-electron chi connectivity index (χ1n) is 7.16. The highest BCUT2D eigenvalue weighted by Crippen LogP contribution is 2.42. The summed E-state index contributed by atoms with van der Waals surface area (Å²) in [6.45, 7) is 1.79. The van der Waals surface area contributed by atoms with E-state index in [9.17, 15) is 18.0 Å². The number of nitrogens with zero attached hydrogens (tertiary/aromatic N) is 2. The number of aromatic nitrogens is 1. The molecule has 130 valence electrons. The number of hydrogen-bond acceptors (Lipinski definition) is 3. The summed E-state index contributed by atoms with van der Waals surface area (Å²) in [4.78, 5) is 12.1. The quantitative estimate of drug-likeness (QED) is 0.709. The van der Waals surface area contributed by atoms with E-state index in [1.54, 1.807) is 20.0 Å². The normalized spacial score (nSPS) is 13.3. The van der Waals surface area contributed by atoms with Gasteiger partial charge >= 0.3 is 6.18 Å². The Morgan fingerprint density at radius 2 is 1.88 bits per heavy atom. The van der Waals surface area contributed by atoms with Crippen molar-refractivity contribution in [2.24, 2.45) is 7.05 Å². The van der Waals surface area contributed by atoms with Gasteiger partial charge in [0.1, 0.15) is 6.04 Å². The monoisotopic (exact) mass is 376 g/mol. The lowest BCUT2D eigenvalue weighted by atomic mass is 10.1. The number of pyridine rings is 1. The molecule has 0 aliphatic heterocycles. The minimum Gasteiger partial charge on any atom is -0.319 e. The van der Waals surface area contributed by atoms with E-state index in [0.29, 0.717) is 9.92 Å². The summed E-state index contributed by atoms with van der Waals surface area (Å²) in [7, 11) is 1.58. The third kappa shape index (κ3) is 4.55. The van der Waals surface area contributed by atoms with Crippen LogP contribution in [0.4, 0.5) is 13.2 Å². The molecule has 2 rings (SSSR count). The van der Waals surface area contributed by atoms with Crippen molar-refractivity contribution in [2.75, 3.05) is 6.54 Å². The summed E-state index contributed by atoms with van der Waals surface area (Å²) >= 11 is 6.68. The SMILES string of the molecule is CCN(Sc1ccn(C)c(=O)c1)[C@H](c1ccc(Cl)cc1)C(F)(F)F. The summed E-state index contributed by atoms with van der Waals surface area (Å²) in [5.74, 6) is 0. The van der Waals surface area contributed by atoms with Gasteiger partial charge in [0.15, 0.2) is 0 Å². The molecule has 3 nitrogen and oxygen atoms in total. The third-order valence-corrected chi connectivity index (χ3v) is 4.81. The average molecular weight is 377 g/mol. The van der Waals surface area contributed by atoms with Crippen molar-refractivity contribution in [3.8, 4) is 0 Å². The standard InChI is InChI=1S/C16H16ClF3N2OS/c1-3-22(24-13-8-9-21(2)14(23)10-13)15(16(18,19)20)11-4-6-12(17)7-5-11/h4-10,15H,3H2,1-2H3/t15-/m1/s1. The molecule has 0 radical (unpaired) electrons. The highest BCUT2D eigenvalue weighted by molar-refractivity contribution is 7.97. The van der Waals surface area contributed by atoms with Crippen molar-refractivity contribution < 1.29 is 13.2 Å². The summed E-state index contributed by atoms with van der Waals surface area (Å²) in [6.07, 6.45) is -2.93. The van der Waals surface area contributed by atoms with Gasteiger partial charge in [0.05, 0.1) is 0 Å². The Labute approximate surface area is 147 Å². The van der Waals surface area contributed by atoms with Crippen LogP contribution in [-0.2, 0) is 7.05 Å². The molecule has 0 unspecified atom stereocenters. The molecule has 1 aromatic carbocycles. The van der Waals surface area contributed by atoms with E-state index < -0.39 is 12.2 Å². The zero-order chi connectivity index (χ0) is 17.9. The molecule has 0 saturated carbocycles. The van der Waals surface area contributed by atoms with Crippen molar-refractivity contribution in [1.29, 1.82) is 0 Å². The number of alkyl halides is 3. The maximum atomic E-state index is 13.6. The van der Waals surface area contributed by atoms with Crippen LogP contribution in [0, 0.1) is 0 Å². The molecule has 2 aromatic rings. The Balaban J connectivity index is 2.36. The second-order valence-electron chi connectivity index (χ2n) is 5.13. The Bertz CT molecular complexity index is 746. The molecule has 0 bridgehead atoms. The first-order valence-corrected chi connectivity index (χ1v) is 8.31. The molecule has 0 aliphatic rings. The van der Waals surface area contributed by atoms with Gasteiger partial charge in [0, 0.05) is 35.8 Å². The van der Waals surface area contributed by atoms with Gasteiger partial charge in [-0.2, -0.15) is 13.2 Å².